The van der Waals surface area contributed by atoms with Crippen molar-refractivity contribution in [3.63, 3.8) is 0 Å². The molecule has 1 heterocycles. The van der Waals surface area contributed by atoms with Gasteiger partial charge in [-0.15, -0.1) is 0 Å². The number of rotatable bonds is 6. The first-order valence-electron chi connectivity index (χ1n) is 9.00. The number of aromatic nitrogens is 1. The van der Waals surface area contributed by atoms with E-state index in [0.29, 0.717) is 41.2 Å². The van der Waals surface area contributed by atoms with Crippen molar-refractivity contribution in [2.75, 3.05) is 17.2 Å². The number of amides is 2. The van der Waals surface area contributed by atoms with Gasteiger partial charge in [0.2, 0.25) is 0 Å². The highest BCUT2D eigenvalue weighted by molar-refractivity contribution is 6.01. The number of esters is 1. The lowest BCUT2D eigenvalue weighted by atomic mass is 10.2. The maximum absolute atomic E-state index is 12.2. The number of urea groups is 1. The van der Waals surface area contributed by atoms with Gasteiger partial charge >= 0.3 is 17.8 Å². The molecule has 3 aromatic rings. The molecular weight excluding hydrogens is 362 g/mol. The highest BCUT2D eigenvalue weighted by Gasteiger charge is 2.11. The van der Waals surface area contributed by atoms with Crippen molar-refractivity contribution >= 4 is 34.5 Å². The van der Waals surface area contributed by atoms with E-state index in [4.69, 9.17) is 9.15 Å². The lowest BCUT2D eigenvalue weighted by Gasteiger charge is -2.08. The standard InChI is InChI=1S/C20H21N3O5/c1-3-11-23-16-10-9-15(12-17(16)28-20(23)26)22-19(25)21-14-7-5-13(6-8-14)18(24)27-4-2/h5-10,12H,3-4,11H2,1-2H3,(H2,21,22,25). The molecule has 0 aliphatic heterocycles. The molecule has 0 saturated carbocycles. The summed E-state index contributed by atoms with van der Waals surface area (Å²) in [6, 6.07) is 10.9. The number of aryl methyl sites for hydroxylation is 1. The quantitative estimate of drug-likeness (QED) is 0.630. The van der Waals surface area contributed by atoms with Crippen LogP contribution in [0.1, 0.15) is 30.6 Å². The second-order valence-corrected chi connectivity index (χ2v) is 6.08. The molecule has 3 rings (SSSR count). The molecule has 0 unspecified atom stereocenters. The average molecular weight is 383 g/mol. The van der Waals surface area contributed by atoms with Gasteiger partial charge in [0, 0.05) is 24.0 Å². The number of nitrogens with zero attached hydrogens (tertiary/aromatic N) is 1. The zero-order valence-corrected chi connectivity index (χ0v) is 15.7. The van der Waals surface area contributed by atoms with E-state index in [1.54, 1.807) is 54.0 Å². The van der Waals surface area contributed by atoms with Crippen molar-refractivity contribution < 1.29 is 18.7 Å². The Balaban J connectivity index is 1.67. The van der Waals surface area contributed by atoms with Gasteiger partial charge in [-0.3, -0.25) is 4.57 Å². The Morgan fingerprint density at radius 1 is 1.04 bits per heavy atom. The van der Waals surface area contributed by atoms with E-state index in [1.807, 2.05) is 6.92 Å². The van der Waals surface area contributed by atoms with Crippen molar-refractivity contribution in [3.8, 4) is 0 Å². The van der Waals surface area contributed by atoms with Crippen molar-refractivity contribution in [1.29, 1.82) is 0 Å². The fourth-order valence-corrected chi connectivity index (χ4v) is 2.78. The Morgan fingerprint density at radius 3 is 2.39 bits per heavy atom. The van der Waals surface area contributed by atoms with Crippen LogP contribution in [0, 0.1) is 0 Å². The second kappa shape index (κ2) is 8.43. The number of ether oxygens (including phenoxy) is 1. The van der Waals surface area contributed by atoms with Crippen molar-refractivity contribution in [2.45, 2.75) is 26.8 Å². The van der Waals surface area contributed by atoms with Gasteiger partial charge in [0.05, 0.1) is 17.7 Å². The smallest absolute Gasteiger partial charge is 0.419 e. The third-order valence-corrected chi connectivity index (χ3v) is 4.03. The molecule has 0 aliphatic carbocycles. The van der Waals surface area contributed by atoms with E-state index in [9.17, 15) is 14.4 Å². The summed E-state index contributed by atoms with van der Waals surface area (Å²) in [5.41, 5.74) is 2.52. The molecule has 0 atom stereocenters. The number of carbonyl (C=O) groups is 2. The Hall–Kier alpha value is -3.55. The Labute approximate surface area is 161 Å². The van der Waals surface area contributed by atoms with Crippen LogP contribution in [0.2, 0.25) is 0 Å². The van der Waals surface area contributed by atoms with Gasteiger partial charge < -0.3 is 19.8 Å². The molecule has 0 aliphatic rings. The highest BCUT2D eigenvalue weighted by Crippen LogP contribution is 2.19. The molecular formula is C20H21N3O5. The number of benzene rings is 2. The Bertz CT molecular complexity index is 1050. The van der Waals surface area contributed by atoms with E-state index < -0.39 is 17.8 Å². The predicted octanol–water partition coefficient (Wildman–Crippen LogP) is 3.83. The number of carbonyl (C=O) groups excluding carboxylic acids is 2. The zero-order chi connectivity index (χ0) is 20.1. The second-order valence-electron chi connectivity index (χ2n) is 6.08. The minimum atomic E-state index is -0.460. The summed E-state index contributed by atoms with van der Waals surface area (Å²) < 4.78 is 11.7. The van der Waals surface area contributed by atoms with Gasteiger partial charge in [-0.1, -0.05) is 6.92 Å². The van der Waals surface area contributed by atoms with Gasteiger partial charge in [-0.05, 0) is 49.7 Å². The van der Waals surface area contributed by atoms with Crippen LogP contribution in [0.4, 0.5) is 16.2 Å². The maximum Gasteiger partial charge on any atom is 0.419 e. The molecule has 2 aromatic carbocycles. The topological polar surface area (TPSA) is 103 Å². The van der Waals surface area contributed by atoms with Gasteiger partial charge in [0.25, 0.3) is 0 Å². The summed E-state index contributed by atoms with van der Waals surface area (Å²) in [6.07, 6.45) is 0.811. The van der Waals surface area contributed by atoms with E-state index in [0.717, 1.165) is 6.42 Å². The van der Waals surface area contributed by atoms with Gasteiger partial charge in [0.15, 0.2) is 5.58 Å². The fourth-order valence-electron chi connectivity index (χ4n) is 2.78. The molecule has 146 valence electrons. The van der Waals surface area contributed by atoms with Gasteiger partial charge in [0.1, 0.15) is 0 Å². The molecule has 2 amide bonds. The minimum absolute atomic E-state index is 0.299. The van der Waals surface area contributed by atoms with E-state index >= 15 is 0 Å². The zero-order valence-electron chi connectivity index (χ0n) is 15.7. The van der Waals surface area contributed by atoms with E-state index in [2.05, 4.69) is 10.6 Å². The van der Waals surface area contributed by atoms with E-state index in [-0.39, 0.29) is 0 Å². The molecule has 0 bridgehead atoms. The first-order chi connectivity index (χ1) is 13.5. The van der Waals surface area contributed by atoms with Crippen LogP contribution in [-0.2, 0) is 11.3 Å². The number of nitrogens with one attached hydrogen (secondary N) is 2. The predicted molar refractivity (Wildman–Crippen MR) is 106 cm³/mol. The molecule has 0 saturated heterocycles. The molecule has 1 aromatic heterocycles. The summed E-state index contributed by atoms with van der Waals surface area (Å²) >= 11 is 0. The van der Waals surface area contributed by atoms with Crippen LogP contribution >= 0.6 is 0 Å². The summed E-state index contributed by atoms with van der Waals surface area (Å²) in [5, 5.41) is 5.36. The molecule has 0 fully saturated rings. The Kier molecular flexibility index (Phi) is 5.78. The number of fused-ring (bicyclic) bond motifs is 1. The third kappa shape index (κ3) is 4.22. The van der Waals surface area contributed by atoms with Crippen LogP contribution in [0.5, 0.6) is 0 Å². The average Bonchev–Trinajstić information content (AvgIpc) is 2.97. The highest BCUT2D eigenvalue weighted by atomic mass is 16.5. The largest absolute Gasteiger partial charge is 0.462 e. The molecule has 8 nitrogen and oxygen atoms in total. The first-order valence-corrected chi connectivity index (χ1v) is 9.00. The lowest BCUT2D eigenvalue weighted by molar-refractivity contribution is 0.0526. The summed E-state index contributed by atoms with van der Waals surface area (Å²) in [4.78, 5) is 35.7. The number of anilines is 2. The molecule has 0 spiro atoms. The Morgan fingerprint density at radius 2 is 1.71 bits per heavy atom. The molecule has 8 heteroatoms. The van der Waals surface area contributed by atoms with Crippen molar-refractivity contribution in [3.05, 3.63) is 58.6 Å². The third-order valence-electron chi connectivity index (χ3n) is 4.03. The normalized spacial score (nSPS) is 10.6. The molecule has 0 radical (unpaired) electrons. The van der Waals surface area contributed by atoms with Crippen molar-refractivity contribution in [2.24, 2.45) is 0 Å². The van der Waals surface area contributed by atoms with Crippen molar-refractivity contribution in [1.82, 2.24) is 4.57 Å². The molecule has 28 heavy (non-hydrogen) atoms. The molecule has 2 N–H and O–H groups in total. The fraction of sp³-hybridized carbons (Fsp3) is 0.250. The van der Waals surface area contributed by atoms with Crippen LogP contribution in [-0.4, -0.2) is 23.2 Å². The summed E-state index contributed by atoms with van der Waals surface area (Å²) in [5.74, 6) is -0.830. The van der Waals surface area contributed by atoms with Crippen LogP contribution in [0.3, 0.4) is 0 Å². The minimum Gasteiger partial charge on any atom is -0.462 e. The van der Waals surface area contributed by atoms with Gasteiger partial charge in [-0.2, -0.15) is 0 Å². The lowest BCUT2D eigenvalue weighted by Crippen LogP contribution is -2.19. The summed E-state index contributed by atoms with van der Waals surface area (Å²) in [7, 11) is 0. The maximum atomic E-state index is 12.2. The number of hydrogen-bond donors (Lipinski definition) is 2. The van der Waals surface area contributed by atoms with Gasteiger partial charge in [-0.25, -0.2) is 14.4 Å². The summed E-state index contributed by atoms with van der Waals surface area (Å²) in [6.45, 7) is 4.58. The monoisotopic (exact) mass is 383 g/mol. The number of oxazole rings is 1. The van der Waals surface area contributed by atoms with Crippen LogP contribution in [0.25, 0.3) is 11.1 Å². The number of hydrogen-bond acceptors (Lipinski definition) is 5. The van der Waals surface area contributed by atoms with Crippen LogP contribution < -0.4 is 16.4 Å². The van der Waals surface area contributed by atoms with Crippen LogP contribution in [0.15, 0.2) is 51.7 Å². The SMILES string of the molecule is CCCn1c(=O)oc2cc(NC(=O)Nc3ccc(C(=O)OCC)cc3)ccc21. The first kappa shape index (κ1) is 19.2. The van der Waals surface area contributed by atoms with E-state index in [1.165, 1.54) is 0 Å².